The molecule has 0 spiro atoms. The summed E-state index contributed by atoms with van der Waals surface area (Å²) in [5.74, 6) is -0.250. The van der Waals surface area contributed by atoms with Gasteiger partial charge in [-0.15, -0.1) is 11.3 Å². The first-order valence-corrected chi connectivity index (χ1v) is 7.68. The first kappa shape index (κ1) is 15.2. The molecule has 3 aromatic rings. The normalized spacial score (nSPS) is 11.0. The Bertz CT molecular complexity index is 824. The van der Waals surface area contributed by atoms with Gasteiger partial charge in [-0.25, -0.2) is 9.18 Å². The van der Waals surface area contributed by atoms with Crippen LogP contribution in [0.25, 0.3) is 16.7 Å². The van der Waals surface area contributed by atoms with E-state index < -0.39 is 5.97 Å². The summed E-state index contributed by atoms with van der Waals surface area (Å²) in [6, 6.07) is 11.5. The molecule has 1 aromatic carbocycles. The van der Waals surface area contributed by atoms with Crippen LogP contribution in [-0.2, 0) is 16.1 Å². The number of thiophene rings is 1. The third-order valence-corrected chi connectivity index (χ3v) is 3.83. The Morgan fingerprint density at radius 1 is 1.30 bits per heavy atom. The van der Waals surface area contributed by atoms with Crippen molar-refractivity contribution in [3.63, 3.8) is 0 Å². The summed E-state index contributed by atoms with van der Waals surface area (Å²) in [5.41, 5.74) is 1.12. The third kappa shape index (κ3) is 4.14. The highest BCUT2D eigenvalue weighted by Crippen LogP contribution is 2.25. The van der Waals surface area contributed by atoms with E-state index in [1.807, 2.05) is 17.5 Å². The number of nitrogens with zero attached hydrogens (tertiary/aromatic N) is 1. The van der Waals surface area contributed by atoms with Crippen LogP contribution in [0.15, 0.2) is 58.4 Å². The zero-order valence-corrected chi connectivity index (χ0v) is 12.8. The van der Waals surface area contributed by atoms with E-state index in [4.69, 9.17) is 9.26 Å². The average Bonchev–Trinajstić information content (AvgIpc) is 3.22. The second-order valence-corrected chi connectivity index (χ2v) is 5.60. The predicted molar refractivity (Wildman–Crippen MR) is 85.0 cm³/mol. The monoisotopic (exact) mass is 329 g/mol. The van der Waals surface area contributed by atoms with Crippen molar-refractivity contribution in [3.05, 3.63) is 71.0 Å². The number of carbonyl (C=O) groups is 1. The van der Waals surface area contributed by atoms with Gasteiger partial charge in [0.25, 0.3) is 0 Å². The summed E-state index contributed by atoms with van der Waals surface area (Å²) in [6.07, 6.45) is 2.74. The van der Waals surface area contributed by atoms with Crippen molar-refractivity contribution in [2.75, 3.05) is 0 Å². The standard InChI is InChI=1S/C17H12FNO3S/c18-13-4-1-3-12(9-13)6-7-17(20)21-11-14-10-15(22-19-14)16-5-2-8-23-16/h1-10H,11H2/b7-6+. The summed E-state index contributed by atoms with van der Waals surface area (Å²) in [7, 11) is 0. The van der Waals surface area contributed by atoms with Gasteiger partial charge in [-0.2, -0.15) is 0 Å². The molecule has 0 radical (unpaired) electrons. The SMILES string of the molecule is O=C(/C=C/c1cccc(F)c1)OCc1cc(-c2cccs2)on1. The van der Waals surface area contributed by atoms with Gasteiger partial charge in [0, 0.05) is 12.1 Å². The summed E-state index contributed by atoms with van der Waals surface area (Å²) in [6.45, 7) is 0.0151. The Morgan fingerprint density at radius 3 is 3.00 bits per heavy atom. The Kier molecular flexibility index (Phi) is 4.63. The zero-order chi connectivity index (χ0) is 16.1. The minimum atomic E-state index is -0.532. The molecule has 0 bridgehead atoms. The van der Waals surface area contributed by atoms with Gasteiger partial charge in [0.2, 0.25) is 0 Å². The van der Waals surface area contributed by atoms with Gasteiger partial charge in [0.05, 0.1) is 4.88 Å². The van der Waals surface area contributed by atoms with E-state index in [1.54, 1.807) is 18.2 Å². The van der Waals surface area contributed by atoms with Gasteiger partial charge in [-0.05, 0) is 35.2 Å². The van der Waals surface area contributed by atoms with E-state index >= 15 is 0 Å². The second-order valence-electron chi connectivity index (χ2n) is 4.66. The average molecular weight is 329 g/mol. The molecule has 116 valence electrons. The highest BCUT2D eigenvalue weighted by molar-refractivity contribution is 7.13. The van der Waals surface area contributed by atoms with Crippen LogP contribution < -0.4 is 0 Å². The number of esters is 1. The lowest BCUT2D eigenvalue weighted by Crippen LogP contribution is -2.00. The van der Waals surface area contributed by atoms with Gasteiger partial charge in [0.1, 0.15) is 18.1 Å². The fourth-order valence-corrected chi connectivity index (χ4v) is 2.56. The molecular weight excluding hydrogens is 317 g/mol. The highest BCUT2D eigenvalue weighted by Gasteiger charge is 2.08. The number of benzene rings is 1. The molecule has 2 heterocycles. The quantitative estimate of drug-likeness (QED) is 0.517. The Hall–Kier alpha value is -2.73. The van der Waals surface area contributed by atoms with Crippen LogP contribution >= 0.6 is 11.3 Å². The minimum Gasteiger partial charge on any atom is -0.456 e. The Balaban J connectivity index is 1.55. The van der Waals surface area contributed by atoms with Crippen LogP contribution in [0.2, 0.25) is 0 Å². The van der Waals surface area contributed by atoms with Gasteiger partial charge in [-0.3, -0.25) is 0 Å². The lowest BCUT2D eigenvalue weighted by atomic mass is 10.2. The van der Waals surface area contributed by atoms with Crippen molar-refractivity contribution < 1.29 is 18.4 Å². The Morgan fingerprint density at radius 2 is 2.22 bits per heavy atom. The van der Waals surface area contributed by atoms with E-state index in [1.165, 1.54) is 35.6 Å². The molecular formula is C17H12FNO3S. The molecule has 0 fully saturated rings. The van der Waals surface area contributed by atoms with Gasteiger partial charge in [0.15, 0.2) is 5.76 Å². The number of rotatable bonds is 5. The maximum atomic E-state index is 13.0. The molecule has 0 amide bonds. The molecule has 0 saturated carbocycles. The third-order valence-electron chi connectivity index (χ3n) is 2.95. The molecule has 6 heteroatoms. The van der Waals surface area contributed by atoms with Gasteiger partial charge >= 0.3 is 5.97 Å². The maximum absolute atomic E-state index is 13.0. The fraction of sp³-hybridized carbons (Fsp3) is 0.0588. The van der Waals surface area contributed by atoms with Crippen molar-refractivity contribution in [2.24, 2.45) is 0 Å². The molecule has 0 aliphatic heterocycles. The van der Waals surface area contributed by atoms with Crippen LogP contribution in [0, 0.1) is 5.82 Å². The van der Waals surface area contributed by atoms with Crippen molar-refractivity contribution in [2.45, 2.75) is 6.61 Å². The molecule has 0 saturated heterocycles. The van der Waals surface area contributed by atoms with Crippen molar-refractivity contribution in [1.82, 2.24) is 5.16 Å². The number of carbonyl (C=O) groups excluding carboxylic acids is 1. The fourth-order valence-electron chi connectivity index (χ4n) is 1.88. The van der Waals surface area contributed by atoms with E-state index in [0.29, 0.717) is 17.0 Å². The van der Waals surface area contributed by atoms with Crippen molar-refractivity contribution in [1.29, 1.82) is 0 Å². The first-order valence-electron chi connectivity index (χ1n) is 6.80. The smallest absolute Gasteiger partial charge is 0.331 e. The second kappa shape index (κ2) is 7.02. The molecule has 0 unspecified atom stereocenters. The highest BCUT2D eigenvalue weighted by atomic mass is 32.1. The Labute approximate surface area is 135 Å². The van der Waals surface area contributed by atoms with Crippen LogP contribution in [-0.4, -0.2) is 11.1 Å². The number of halogens is 1. The van der Waals surface area contributed by atoms with E-state index in [-0.39, 0.29) is 12.4 Å². The summed E-state index contributed by atoms with van der Waals surface area (Å²) < 4.78 is 23.3. The number of ether oxygens (including phenoxy) is 1. The molecule has 2 aromatic heterocycles. The minimum absolute atomic E-state index is 0.0151. The van der Waals surface area contributed by atoms with Crippen LogP contribution in [0.5, 0.6) is 0 Å². The lowest BCUT2D eigenvalue weighted by molar-refractivity contribution is -0.139. The van der Waals surface area contributed by atoms with Crippen molar-refractivity contribution >= 4 is 23.4 Å². The lowest BCUT2D eigenvalue weighted by Gasteiger charge is -1.97. The molecule has 0 atom stereocenters. The summed E-state index contributed by atoms with van der Waals surface area (Å²) in [4.78, 5) is 12.6. The molecule has 3 rings (SSSR count). The van der Waals surface area contributed by atoms with E-state index in [0.717, 1.165) is 4.88 Å². The number of hydrogen-bond donors (Lipinski definition) is 0. The molecule has 0 N–H and O–H groups in total. The molecule has 0 aliphatic carbocycles. The van der Waals surface area contributed by atoms with Crippen LogP contribution in [0.1, 0.15) is 11.3 Å². The first-order chi connectivity index (χ1) is 11.2. The maximum Gasteiger partial charge on any atom is 0.331 e. The van der Waals surface area contributed by atoms with E-state index in [2.05, 4.69) is 5.16 Å². The van der Waals surface area contributed by atoms with Crippen molar-refractivity contribution in [3.8, 4) is 10.6 Å². The zero-order valence-electron chi connectivity index (χ0n) is 11.9. The predicted octanol–water partition coefficient (Wildman–Crippen LogP) is 4.30. The molecule has 0 aliphatic rings. The number of aromatic nitrogens is 1. The molecule has 4 nitrogen and oxygen atoms in total. The molecule has 23 heavy (non-hydrogen) atoms. The summed E-state index contributed by atoms with van der Waals surface area (Å²) >= 11 is 1.54. The van der Waals surface area contributed by atoms with E-state index in [9.17, 15) is 9.18 Å². The van der Waals surface area contributed by atoms with Gasteiger partial charge < -0.3 is 9.26 Å². The largest absolute Gasteiger partial charge is 0.456 e. The number of hydrogen-bond acceptors (Lipinski definition) is 5. The topological polar surface area (TPSA) is 52.3 Å². The summed E-state index contributed by atoms with van der Waals surface area (Å²) in [5, 5.41) is 5.79. The van der Waals surface area contributed by atoms with Crippen LogP contribution in [0.3, 0.4) is 0 Å². The van der Waals surface area contributed by atoms with Crippen LogP contribution in [0.4, 0.5) is 4.39 Å². The van der Waals surface area contributed by atoms with Gasteiger partial charge in [-0.1, -0.05) is 23.4 Å².